The van der Waals surface area contributed by atoms with Gasteiger partial charge in [0.1, 0.15) is 0 Å². The number of nitrogens with zero attached hydrogens (tertiary/aromatic N) is 1. The van der Waals surface area contributed by atoms with Crippen molar-refractivity contribution in [2.45, 2.75) is 39.3 Å². The number of halogens is 1. The molecule has 1 heterocycles. The first-order valence-corrected chi connectivity index (χ1v) is 7.76. The molecule has 0 bridgehead atoms. The highest BCUT2D eigenvalue weighted by molar-refractivity contribution is 6.31. The minimum atomic E-state index is -0.359. The zero-order valence-corrected chi connectivity index (χ0v) is 13.5. The summed E-state index contributed by atoms with van der Waals surface area (Å²) < 4.78 is 0. The van der Waals surface area contributed by atoms with E-state index in [0.717, 1.165) is 24.2 Å². The predicted octanol–water partition coefficient (Wildman–Crippen LogP) is 2.68. The van der Waals surface area contributed by atoms with E-state index < -0.39 is 0 Å². The van der Waals surface area contributed by atoms with Crippen molar-refractivity contribution in [1.29, 1.82) is 0 Å². The van der Waals surface area contributed by atoms with E-state index >= 15 is 0 Å². The molecule has 0 saturated carbocycles. The Bertz CT molecular complexity index is 521. The summed E-state index contributed by atoms with van der Waals surface area (Å²) in [6.45, 7) is 7.18. The lowest BCUT2D eigenvalue weighted by Gasteiger charge is -2.37. The molecule has 1 aromatic carbocycles. The maximum absolute atomic E-state index is 12.4. The summed E-state index contributed by atoms with van der Waals surface area (Å²) in [7, 11) is 0. The zero-order chi connectivity index (χ0) is 15.6. The van der Waals surface area contributed by atoms with Crippen LogP contribution in [0.5, 0.6) is 0 Å². The monoisotopic (exact) mass is 310 g/mol. The predicted molar refractivity (Wildman–Crippen MR) is 85.6 cm³/mol. The molecule has 2 rings (SSSR count). The zero-order valence-electron chi connectivity index (χ0n) is 12.8. The van der Waals surface area contributed by atoms with Gasteiger partial charge in [0.25, 0.3) is 0 Å². The molecule has 21 heavy (non-hydrogen) atoms. The third-order valence-corrected chi connectivity index (χ3v) is 4.81. The number of hydrogen-bond acceptors (Lipinski definition) is 3. The molecule has 1 aliphatic heterocycles. The van der Waals surface area contributed by atoms with Crippen molar-refractivity contribution in [3.63, 3.8) is 0 Å². The highest BCUT2D eigenvalue weighted by Gasteiger charge is 2.30. The molecule has 1 aliphatic rings. The highest BCUT2D eigenvalue weighted by atomic mass is 35.5. The lowest BCUT2D eigenvalue weighted by Crippen LogP contribution is -2.50. The normalized spacial score (nSPS) is 24.6. The van der Waals surface area contributed by atoms with E-state index in [9.17, 15) is 9.90 Å². The number of nitrogens with one attached hydrogen (secondary N) is 1. The lowest BCUT2D eigenvalue weighted by atomic mass is 9.95. The lowest BCUT2D eigenvalue weighted by molar-refractivity contribution is -0.122. The summed E-state index contributed by atoms with van der Waals surface area (Å²) in [6, 6.07) is 5.20. The number of carbonyl (C=O) groups excluding carboxylic acids is 1. The molecule has 3 atom stereocenters. The smallest absolute Gasteiger partial charge is 0.241 e. The van der Waals surface area contributed by atoms with Crippen LogP contribution in [0.2, 0.25) is 5.02 Å². The Morgan fingerprint density at radius 2 is 2.24 bits per heavy atom. The maximum Gasteiger partial charge on any atom is 0.241 e. The quantitative estimate of drug-likeness (QED) is 0.902. The van der Waals surface area contributed by atoms with Gasteiger partial charge in [0, 0.05) is 17.3 Å². The SMILES string of the molecule is Cc1c(Cl)cccc1NC(=O)C(C)N1CCC(C)C(O)C1. The van der Waals surface area contributed by atoms with Crippen molar-refractivity contribution in [3.8, 4) is 0 Å². The van der Waals surface area contributed by atoms with Crippen LogP contribution in [0.4, 0.5) is 5.69 Å². The fourth-order valence-electron chi connectivity index (χ4n) is 2.57. The molecule has 0 spiro atoms. The molecule has 3 unspecified atom stereocenters. The van der Waals surface area contributed by atoms with E-state index in [1.807, 2.05) is 37.8 Å². The van der Waals surface area contributed by atoms with Crippen LogP contribution in [0.1, 0.15) is 25.8 Å². The Morgan fingerprint density at radius 1 is 1.52 bits per heavy atom. The molecule has 0 aliphatic carbocycles. The first-order chi connectivity index (χ1) is 9.90. The summed E-state index contributed by atoms with van der Waals surface area (Å²) in [4.78, 5) is 14.4. The van der Waals surface area contributed by atoms with Gasteiger partial charge in [-0.1, -0.05) is 24.6 Å². The van der Waals surface area contributed by atoms with Crippen molar-refractivity contribution in [2.75, 3.05) is 18.4 Å². The number of amides is 1. The largest absolute Gasteiger partial charge is 0.392 e. The minimum absolute atomic E-state index is 0.0675. The first kappa shape index (κ1) is 16.3. The Labute approximate surface area is 131 Å². The number of likely N-dealkylation sites (tertiary alicyclic amines) is 1. The van der Waals surface area contributed by atoms with Crippen LogP contribution in [0.3, 0.4) is 0 Å². The standard InChI is InChI=1S/C16H23ClN2O2/c1-10-7-8-19(9-15(10)20)12(3)16(21)18-14-6-4-5-13(17)11(14)2/h4-6,10,12,15,20H,7-9H2,1-3H3,(H,18,21). The average molecular weight is 311 g/mol. The molecule has 1 amide bonds. The van der Waals surface area contributed by atoms with Gasteiger partial charge in [0.15, 0.2) is 0 Å². The molecule has 0 radical (unpaired) electrons. The van der Waals surface area contributed by atoms with Gasteiger partial charge in [-0.15, -0.1) is 0 Å². The molecule has 116 valence electrons. The molecule has 1 fully saturated rings. The topological polar surface area (TPSA) is 52.6 Å². The molecular formula is C16H23ClN2O2. The number of benzene rings is 1. The van der Waals surface area contributed by atoms with E-state index in [1.54, 1.807) is 6.07 Å². The van der Waals surface area contributed by atoms with Crippen molar-refractivity contribution < 1.29 is 9.90 Å². The van der Waals surface area contributed by atoms with E-state index in [4.69, 9.17) is 11.6 Å². The van der Waals surface area contributed by atoms with Gasteiger partial charge in [-0.25, -0.2) is 0 Å². The van der Waals surface area contributed by atoms with E-state index in [2.05, 4.69) is 5.32 Å². The molecule has 0 aromatic heterocycles. The number of anilines is 1. The average Bonchev–Trinajstić information content (AvgIpc) is 2.46. The fourth-order valence-corrected chi connectivity index (χ4v) is 2.75. The second-order valence-corrected chi connectivity index (χ2v) is 6.31. The van der Waals surface area contributed by atoms with Crippen LogP contribution in [-0.2, 0) is 4.79 Å². The number of rotatable bonds is 3. The first-order valence-electron chi connectivity index (χ1n) is 7.38. The van der Waals surface area contributed by atoms with Gasteiger partial charge in [0.2, 0.25) is 5.91 Å². The Balaban J connectivity index is 2.01. The van der Waals surface area contributed by atoms with Crippen LogP contribution in [0.25, 0.3) is 0 Å². The van der Waals surface area contributed by atoms with Crippen molar-refractivity contribution >= 4 is 23.2 Å². The number of carbonyl (C=O) groups is 1. The van der Waals surface area contributed by atoms with Crippen LogP contribution in [-0.4, -0.2) is 41.1 Å². The Morgan fingerprint density at radius 3 is 2.90 bits per heavy atom. The summed E-state index contributed by atoms with van der Waals surface area (Å²) in [5, 5.41) is 13.5. The van der Waals surface area contributed by atoms with Gasteiger partial charge in [0.05, 0.1) is 12.1 Å². The maximum atomic E-state index is 12.4. The molecule has 4 nitrogen and oxygen atoms in total. The summed E-state index contributed by atoms with van der Waals surface area (Å²) >= 11 is 6.07. The Hall–Kier alpha value is -1.10. The van der Waals surface area contributed by atoms with E-state index in [-0.39, 0.29) is 18.1 Å². The van der Waals surface area contributed by atoms with Crippen molar-refractivity contribution in [2.24, 2.45) is 5.92 Å². The van der Waals surface area contributed by atoms with Gasteiger partial charge in [-0.3, -0.25) is 9.69 Å². The fraction of sp³-hybridized carbons (Fsp3) is 0.562. The molecule has 2 N–H and O–H groups in total. The number of aliphatic hydroxyl groups excluding tert-OH is 1. The van der Waals surface area contributed by atoms with Gasteiger partial charge in [-0.2, -0.15) is 0 Å². The number of β-amino-alcohol motifs (C(OH)–C–C–N with tert-alkyl or cyclic N) is 1. The van der Waals surface area contributed by atoms with Crippen LogP contribution in [0, 0.1) is 12.8 Å². The minimum Gasteiger partial charge on any atom is -0.392 e. The van der Waals surface area contributed by atoms with E-state index in [1.165, 1.54) is 0 Å². The number of aliphatic hydroxyl groups is 1. The summed E-state index contributed by atoms with van der Waals surface area (Å²) in [5.74, 6) is 0.230. The van der Waals surface area contributed by atoms with Crippen molar-refractivity contribution in [3.05, 3.63) is 28.8 Å². The van der Waals surface area contributed by atoms with Gasteiger partial charge in [-0.05, 0) is 50.4 Å². The molecule has 1 saturated heterocycles. The Kier molecular flexibility index (Phi) is 5.25. The van der Waals surface area contributed by atoms with Crippen LogP contribution >= 0.6 is 11.6 Å². The third-order valence-electron chi connectivity index (χ3n) is 4.40. The van der Waals surface area contributed by atoms with Crippen LogP contribution in [0.15, 0.2) is 18.2 Å². The molecule has 1 aromatic rings. The summed E-state index contributed by atoms with van der Waals surface area (Å²) in [6.07, 6.45) is 0.552. The van der Waals surface area contributed by atoms with Gasteiger partial charge < -0.3 is 10.4 Å². The molecular weight excluding hydrogens is 288 g/mol. The third kappa shape index (κ3) is 3.76. The number of hydrogen-bond donors (Lipinski definition) is 2. The number of piperidine rings is 1. The summed E-state index contributed by atoms with van der Waals surface area (Å²) in [5.41, 5.74) is 1.61. The van der Waals surface area contributed by atoms with Gasteiger partial charge >= 0.3 is 0 Å². The van der Waals surface area contributed by atoms with E-state index in [0.29, 0.717) is 17.5 Å². The second-order valence-electron chi connectivity index (χ2n) is 5.91. The highest BCUT2D eigenvalue weighted by Crippen LogP contribution is 2.24. The second kappa shape index (κ2) is 6.77. The van der Waals surface area contributed by atoms with Crippen LogP contribution < -0.4 is 5.32 Å². The van der Waals surface area contributed by atoms with Crippen molar-refractivity contribution in [1.82, 2.24) is 4.90 Å². The molecule has 5 heteroatoms.